The van der Waals surface area contributed by atoms with E-state index < -0.39 is 0 Å². The Bertz CT molecular complexity index is 511. The smallest absolute Gasteiger partial charge is 0.130 e. The third-order valence-electron chi connectivity index (χ3n) is 2.41. The molecule has 0 aliphatic heterocycles. The summed E-state index contributed by atoms with van der Waals surface area (Å²) in [4.78, 5) is 4.69. The fourth-order valence-electron chi connectivity index (χ4n) is 1.55. The Hall–Kier alpha value is -1.94. The van der Waals surface area contributed by atoms with Gasteiger partial charge in [0.2, 0.25) is 0 Å². The number of aromatic nitrogens is 1. The minimum absolute atomic E-state index is 0.468. The van der Waals surface area contributed by atoms with Crippen molar-refractivity contribution in [2.24, 2.45) is 5.73 Å². The van der Waals surface area contributed by atoms with E-state index in [1.54, 1.807) is 6.20 Å². The number of hydrogen-bond acceptors (Lipinski definition) is 3. The second-order valence-electron chi connectivity index (χ2n) is 3.90. The molecule has 2 aromatic rings. The second kappa shape index (κ2) is 6.12. The van der Waals surface area contributed by atoms with Crippen LogP contribution in [0.15, 0.2) is 48.7 Å². The van der Waals surface area contributed by atoms with Gasteiger partial charge in [-0.25, -0.2) is 0 Å². The quantitative estimate of drug-likeness (QED) is 0.837. The second-order valence-corrected chi connectivity index (χ2v) is 4.42. The van der Waals surface area contributed by atoms with E-state index in [0.717, 1.165) is 17.0 Å². The van der Waals surface area contributed by atoms with Crippen molar-refractivity contribution < 1.29 is 4.74 Å². The first-order chi connectivity index (χ1) is 8.74. The molecule has 2 rings (SSSR count). The fraction of sp³-hybridized carbons (Fsp3) is 0.143. The highest BCUT2D eigenvalue weighted by atomic mass is 32.1. The van der Waals surface area contributed by atoms with Crippen LogP contribution in [-0.4, -0.2) is 9.97 Å². The van der Waals surface area contributed by atoms with Gasteiger partial charge in [0.1, 0.15) is 12.4 Å². The molecule has 1 aromatic carbocycles. The van der Waals surface area contributed by atoms with Crippen molar-refractivity contribution in [3.8, 4) is 5.75 Å². The highest BCUT2D eigenvalue weighted by Gasteiger charge is 1.98. The summed E-state index contributed by atoms with van der Waals surface area (Å²) >= 11 is 4.86. The Morgan fingerprint density at radius 2 is 1.94 bits per heavy atom. The van der Waals surface area contributed by atoms with Crippen molar-refractivity contribution in [3.05, 3.63) is 59.9 Å². The van der Waals surface area contributed by atoms with E-state index in [9.17, 15) is 0 Å². The summed E-state index contributed by atoms with van der Waals surface area (Å²) in [7, 11) is 0. The van der Waals surface area contributed by atoms with Crippen LogP contribution in [0.25, 0.3) is 0 Å². The van der Waals surface area contributed by atoms with Gasteiger partial charge in [0.05, 0.1) is 10.7 Å². The third-order valence-corrected chi connectivity index (χ3v) is 2.56. The van der Waals surface area contributed by atoms with Crippen LogP contribution in [0.5, 0.6) is 5.75 Å². The van der Waals surface area contributed by atoms with Crippen LogP contribution in [0.2, 0.25) is 0 Å². The monoisotopic (exact) mass is 258 g/mol. The van der Waals surface area contributed by atoms with Gasteiger partial charge in [-0.15, -0.1) is 0 Å². The molecule has 0 bridgehead atoms. The van der Waals surface area contributed by atoms with Crippen molar-refractivity contribution in [2.45, 2.75) is 13.0 Å². The van der Waals surface area contributed by atoms with Crippen LogP contribution in [-0.2, 0) is 13.0 Å². The lowest BCUT2D eigenvalue weighted by Crippen LogP contribution is -2.10. The minimum Gasteiger partial charge on any atom is -0.487 e. The largest absolute Gasteiger partial charge is 0.487 e. The maximum atomic E-state index is 5.63. The average Bonchev–Trinajstić information content (AvgIpc) is 2.38. The lowest BCUT2D eigenvalue weighted by atomic mass is 10.1. The lowest BCUT2D eigenvalue weighted by Gasteiger charge is -2.06. The molecule has 0 saturated heterocycles. The SMILES string of the molecule is NC(=S)Cc1ccc(OCc2ccccn2)cc1. The van der Waals surface area contributed by atoms with E-state index in [1.165, 1.54) is 0 Å². The molecule has 18 heavy (non-hydrogen) atoms. The molecule has 92 valence electrons. The molecule has 3 nitrogen and oxygen atoms in total. The zero-order chi connectivity index (χ0) is 12.8. The molecule has 0 radical (unpaired) electrons. The van der Waals surface area contributed by atoms with Crippen molar-refractivity contribution in [2.75, 3.05) is 0 Å². The van der Waals surface area contributed by atoms with Crippen LogP contribution in [0.4, 0.5) is 0 Å². The van der Waals surface area contributed by atoms with Gasteiger partial charge in [-0.05, 0) is 29.8 Å². The first kappa shape index (κ1) is 12.5. The topological polar surface area (TPSA) is 48.1 Å². The number of thiocarbonyl (C=S) groups is 1. The molecule has 0 atom stereocenters. The van der Waals surface area contributed by atoms with E-state index in [0.29, 0.717) is 18.0 Å². The standard InChI is InChI=1S/C14H14N2OS/c15-14(18)9-11-4-6-13(7-5-11)17-10-12-3-1-2-8-16-12/h1-8H,9-10H2,(H2,15,18). The van der Waals surface area contributed by atoms with Crippen LogP contribution in [0.3, 0.4) is 0 Å². The predicted octanol–water partition coefficient (Wildman–Crippen LogP) is 2.49. The molecule has 2 N–H and O–H groups in total. The molecule has 4 heteroatoms. The normalized spacial score (nSPS) is 10.0. The highest BCUT2D eigenvalue weighted by molar-refractivity contribution is 7.80. The van der Waals surface area contributed by atoms with E-state index in [2.05, 4.69) is 4.98 Å². The van der Waals surface area contributed by atoms with E-state index in [4.69, 9.17) is 22.7 Å². The van der Waals surface area contributed by atoms with Crippen molar-refractivity contribution in [1.29, 1.82) is 0 Å². The molecule has 0 aliphatic rings. The van der Waals surface area contributed by atoms with E-state index >= 15 is 0 Å². The Morgan fingerprint density at radius 3 is 2.56 bits per heavy atom. The van der Waals surface area contributed by atoms with Crippen LogP contribution < -0.4 is 10.5 Å². The van der Waals surface area contributed by atoms with Crippen molar-refractivity contribution in [3.63, 3.8) is 0 Å². The van der Waals surface area contributed by atoms with Gasteiger partial charge in [0.15, 0.2) is 0 Å². The van der Waals surface area contributed by atoms with Gasteiger partial charge in [0, 0.05) is 12.6 Å². The number of rotatable bonds is 5. The van der Waals surface area contributed by atoms with Crippen molar-refractivity contribution in [1.82, 2.24) is 4.98 Å². The number of nitrogens with two attached hydrogens (primary N) is 1. The molecule has 1 aromatic heterocycles. The molecular weight excluding hydrogens is 244 g/mol. The number of nitrogens with zero attached hydrogens (tertiary/aromatic N) is 1. The summed E-state index contributed by atoms with van der Waals surface area (Å²) < 4.78 is 5.63. The molecule has 0 amide bonds. The van der Waals surface area contributed by atoms with E-state index in [1.807, 2.05) is 42.5 Å². The molecule has 0 saturated carbocycles. The van der Waals surface area contributed by atoms with Gasteiger partial charge >= 0.3 is 0 Å². The Kier molecular flexibility index (Phi) is 4.25. The maximum Gasteiger partial charge on any atom is 0.130 e. The summed E-state index contributed by atoms with van der Waals surface area (Å²) in [6.45, 7) is 0.468. The highest BCUT2D eigenvalue weighted by Crippen LogP contribution is 2.14. The van der Waals surface area contributed by atoms with Crippen LogP contribution in [0.1, 0.15) is 11.3 Å². The number of ether oxygens (including phenoxy) is 1. The van der Waals surface area contributed by atoms with Crippen molar-refractivity contribution >= 4 is 17.2 Å². The van der Waals surface area contributed by atoms with Gasteiger partial charge < -0.3 is 10.5 Å². The molecule has 1 heterocycles. The Balaban J connectivity index is 1.92. The summed E-state index contributed by atoms with van der Waals surface area (Å²) in [5, 5.41) is 0. The predicted molar refractivity (Wildman–Crippen MR) is 75.5 cm³/mol. The number of hydrogen-bond donors (Lipinski definition) is 1. The molecule has 0 fully saturated rings. The zero-order valence-electron chi connectivity index (χ0n) is 9.87. The first-order valence-electron chi connectivity index (χ1n) is 5.64. The Labute approximate surface area is 112 Å². The third kappa shape index (κ3) is 3.82. The molecule has 0 aliphatic carbocycles. The van der Waals surface area contributed by atoms with E-state index in [-0.39, 0.29) is 0 Å². The van der Waals surface area contributed by atoms with Gasteiger partial charge in [-0.3, -0.25) is 4.98 Å². The summed E-state index contributed by atoms with van der Waals surface area (Å²) in [6, 6.07) is 13.5. The molecule has 0 unspecified atom stereocenters. The zero-order valence-corrected chi connectivity index (χ0v) is 10.7. The summed E-state index contributed by atoms with van der Waals surface area (Å²) in [6.07, 6.45) is 2.37. The fourth-order valence-corrected chi connectivity index (χ4v) is 1.71. The average molecular weight is 258 g/mol. The summed E-state index contributed by atoms with van der Waals surface area (Å²) in [5.74, 6) is 0.812. The van der Waals surface area contributed by atoms with Crippen LogP contribution in [0, 0.1) is 0 Å². The summed E-state index contributed by atoms with van der Waals surface area (Å²) in [5.41, 5.74) is 7.49. The molecular formula is C14H14N2OS. The van der Waals surface area contributed by atoms with Gasteiger partial charge in [0.25, 0.3) is 0 Å². The first-order valence-corrected chi connectivity index (χ1v) is 6.05. The maximum absolute atomic E-state index is 5.63. The Morgan fingerprint density at radius 1 is 1.17 bits per heavy atom. The minimum atomic E-state index is 0.468. The van der Waals surface area contributed by atoms with Crippen LogP contribution >= 0.6 is 12.2 Å². The van der Waals surface area contributed by atoms with Gasteiger partial charge in [-0.2, -0.15) is 0 Å². The number of pyridine rings is 1. The number of benzene rings is 1. The molecule has 0 spiro atoms. The van der Waals surface area contributed by atoms with Gasteiger partial charge in [-0.1, -0.05) is 30.4 Å². The lowest BCUT2D eigenvalue weighted by molar-refractivity contribution is 0.301.